The van der Waals surface area contributed by atoms with Crippen LogP contribution in [0.3, 0.4) is 0 Å². The van der Waals surface area contributed by atoms with Gasteiger partial charge in [0.05, 0.1) is 6.26 Å². The lowest BCUT2D eigenvalue weighted by atomic mass is 10.1. The second kappa shape index (κ2) is 3.63. The molecule has 1 nitrogen and oxygen atoms in total. The highest BCUT2D eigenvalue weighted by molar-refractivity contribution is 9.10. The van der Waals surface area contributed by atoms with Crippen LogP contribution in [0.1, 0.15) is 23.8 Å². The lowest BCUT2D eigenvalue weighted by molar-refractivity contribution is 0.552. The summed E-state index contributed by atoms with van der Waals surface area (Å²) >= 11 is 3.51. The number of rotatable bonds is 1. The maximum Gasteiger partial charge on any atom is 0.130 e. The number of hydrogen-bond donors (Lipinski definition) is 0. The molecule has 1 heterocycles. The van der Waals surface area contributed by atoms with Gasteiger partial charge < -0.3 is 4.42 Å². The first-order valence-electron chi connectivity index (χ1n) is 5.28. The third kappa shape index (κ3) is 1.45. The van der Waals surface area contributed by atoms with Crippen molar-refractivity contribution in [2.24, 2.45) is 0 Å². The molecule has 0 amide bonds. The van der Waals surface area contributed by atoms with Gasteiger partial charge in [0.25, 0.3) is 0 Å². The van der Waals surface area contributed by atoms with E-state index in [-0.39, 0.29) is 0 Å². The average Bonchev–Trinajstić information content (AvgIpc) is 2.86. The van der Waals surface area contributed by atoms with E-state index in [1.165, 1.54) is 22.3 Å². The molecule has 0 atom stereocenters. The molecule has 1 aromatic heterocycles. The van der Waals surface area contributed by atoms with Crippen molar-refractivity contribution in [3.05, 3.63) is 58.0 Å². The summed E-state index contributed by atoms with van der Waals surface area (Å²) in [6, 6.07) is 10.4. The van der Waals surface area contributed by atoms with Gasteiger partial charge >= 0.3 is 0 Å². The molecule has 0 unspecified atom stereocenters. The van der Waals surface area contributed by atoms with Crippen LogP contribution in [0, 0.1) is 0 Å². The Morgan fingerprint density at radius 1 is 1.25 bits per heavy atom. The van der Waals surface area contributed by atoms with E-state index >= 15 is 0 Å². The maximum absolute atomic E-state index is 5.48. The maximum atomic E-state index is 5.48. The largest absolute Gasteiger partial charge is 0.465 e. The fourth-order valence-electron chi connectivity index (χ4n) is 2.28. The van der Waals surface area contributed by atoms with Crippen molar-refractivity contribution in [2.45, 2.75) is 13.3 Å². The van der Waals surface area contributed by atoms with Gasteiger partial charge in [-0.3, -0.25) is 0 Å². The van der Waals surface area contributed by atoms with Gasteiger partial charge in [0.2, 0.25) is 0 Å². The minimum atomic E-state index is 0.966. The summed E-state index contributed by atoms with van der Waals surface area (Å²) in [6.07, 6.45) is 2.70. The fraction of sp³-hybridized carbons (Fsp3) is 0.143. The van der Waals surface area contributed by atoms with E-state index in [9.17, 15) is 0 Å². The molecule has 0 aliphatic heterocycles. The van der Waals surface area contributed by atoms with E-state index in [4.69, 9.17) is 4.42 Å². The van der Waals surface area contributed by atoms with Crippen molar-refractivity contribution >= 4 is 27.1 Å². The molecule has 2 aromatic rings. The van der Waals surface area contributed by atoms with Crippen LogP contribution in [0.25, 0.3) is 11.1 Å². The van der Waals surface area contributed by atoms with Gasteiger partial charge in [-0.2, -0.15) is 0 Å². The second-order valence-corrected chi connectivity index (χ2v) is 4.97. The fourth-order valence-corrected chi connectivity index (χ4v) is 2.69. The first-order chi connectivity index (χ1) is 7.75. The molecule has 0 saturated heterocycles. The van der Waals surface area contributed by atoms with Gasteiger partial charge in [0, 0.05) is 16.5 Å². The molecular formula is C14H11BrO. The third-order valence-corrected chi connectivity index (χ3v) is 3.60. The Balaban J connectivity index is 2.11. The standard InChI is InChI=1S/C14H11BrO/c1-9-12-5-4-11(15)7-10(12)8-13(9)14-3-2-6-16-14/h2-7H,8H2,1H3. The Labute approximate surface area is 103 Å². The van der Waals surface area contributed by atoms with Gasteiger partial charge in [0.15, 0.2) is 0 Å². The average molecular weight is 275 g/mol. The summed E-state index contributed by atoms with van der Waals surface area (Å²) in [5, 5.41) is 0. The van der Waals surface area contributed by atoms with Crippen molar-refractivity contribution in [2.75, 3.05) is 0 Å². The molecular weight excluding hydrogens is 264 g/mol. The third-order valence-electron chi connectivity index (χ3n) is 3.11. The molecule has 0 fully saturated rings. The minimum Gasteiger partial charge on any atom is -0.465 e. The van der Waals surface area contributed by atoms with Crippen LogP contribution in [-0.2, 0) is 6.42 Å². The molecule has 1 aromatic carbocycles. The summed E-state index contributed by atoms with van der Waals surface area (Å²) in [5.74, 6) is 0.991. The number of fused-ring (bicyclic) bond motifs is 1. The lowest BCUT2D eigenvalue weighted by Gasteiger charge is -2.00. The van der Waals surface area contributed by atoms with Gasteiger partial charge in [-0.25, -0.2) is 0 Å². The molecule has 1 aliphatic rings. The van der Waals surface area contributed by atoms with Crippen molar-refractivity contribution in [1.82, 2.24) is 0 Å². The summed E-state index contributed by atoms with van der Waals surface area (Å²) in [6.45, 7) is 2.16. The highest BCUT2D eigenvalue weighted by Gasteiger charge is 2.21. The van der Waals surface area contributed by atoms with Gasteiger partial charge in [-0.05, 0) is 47.9 Å². The Kier molecular flexibility index (Phi) is 2.25. The van der Waals surface area contributed by atoms with Crippen LogP contribution in [0.2, 0.25) is 0 Å². The molecule has 16 heavy (non-hydrogen) atoms. The van der Waals surface area contributed by atoms with Crippen molar-refractivity contribution < 1.29 is 4.42 Å². The SMILES string of the molecule is CC1=C(c2ccco2)Cc2cc(Br)ccc21. The quantitative estimate of drug-likeness (QED) is 0.745. The monoisotopic (exact) mass is 274 g/mol. The van der Waals surface area contributed by atoms with Crippen LogP contribution in [0.15, 0.2) is 45.5 Å². The Hall–Kier alpha value is -1.28. The topological polar surface area (TPSA) is 13.1 Å². The first kappa shape index (κ1) is 9.91. The zero-order valence-corrected chi connectivity index (χ0v) is 10.5. The number of benzene rings is 1. The normalized spacial score (nSPS) is 14.4. The molecule has 0 bridgehead atoms. The van der Waals surface area contributed by atoms with E-state index in [0.717, 1.165) is 16.7 Å². The predicted octanol–water partition coefficient (Wildman–Crippen LogP) is 4.53. The van der Waals surface area contributed by atoms with Crippen LogP contribution >= 0.6 is 15.9 Å². The number of halogens is 1. The molecule has 0 radical (unpaired) electrons. The molecule has 3 rings (SSSR count). The van der Waals surface area contributed by atoms with E-state index in [1.807, 2.05) is 12.1 Å². The number of hydrogen-bond acceptors (Lipinski definition) is 1. The van der Waals surface area contributed by atoms with Crippen molar-refractivity contribution in [3.63, 3.8) is 0 Å². The Morgan fingerprint density at radius 3 is 2.88 bits per heavy atom. The Morgan fingerprint density at radius 2 is 2.12 bits per heavy atom. The molecule has 2 heteroatoms. The van der Waals surface area contributed by atoms with E-state index in [0.29, 0.717) is 0 Å². The zero-order valence-electron chi connectivity index (χ0n) is 8.96. The van der Waals surface area contributed by atoms with E-state index in [1.54, 1.807) is 6.26 Å². The predicted molar refractivity (Wildman–Crippen MR) is 69.0 cm³/mol. The smallest absolute Gasteiger partial charge is 0.130 e. The van der Waals surface area contributed by atoms with E-state index in [2.05, 4.69) is 41.1 Å². The van der Waals surface area contributed by atoms with E-state index < -0.39 is 0 Å². The van der Waals surface area contributed by atoms with Gasteiger partial charge in [0.1, 0.15) is 5.76 Å². The number of furan rings is 1. The summed E-state index contributed by atoms with van der Waals surface area (Å²) < 4.78 is 6.62. The summed E-state index contributed by atoms with van der Waals surface area (Å²) in [5.41, 5.74) is 5.35. The number of allylic oxidation sites excluding steroid dienone is 2. The second-order valence-electron chi connectivity index (χ2n) is 4.06. The molecule has 80 valence electrons. The highest BCUT2D eigenvalue weighted by atomic mass is 79.9. The lowest BCUT2D eigenvalue weighted by Crippen LogP contribution is -1.83. The molecule has 0 spiro atoms. The van der Waals surface area contributed by atoms with Crippen LogP contribution in [0.4, 0.5) is 0 Å². The first-order valence-corrected chi connectivity index (χ1v) is 6.07. The molecule has 0 N–H and O–H groups in total. The minimum absolute atomic E-state index is 0.966. The van der Waals surface area contributed by atoms with Crippen LogP contribution < -0.4 is 0 Å². The summed E-state index contributed by atoms with van der Waals surface area (Å²) in [4.78, 5) is 0. The van der Waals surface area contributed by atoms with Gasteiger partial charge in [-0.1, -0.05) is 22.0 Å². The molecule has 0 saturated carbocycles. The summed E-state index contributed by atoms with van der Waals surface area (Å²) in [7, 11) is 0. The van der Waals surface area contributed by atoms with Gasteiger partial charge in [-0.15, -0.1) is 0 Å². The van der Waals surface area contributed by atoms with Crippen LogP contribution in [-0.4, -0.2) is 0 Å². The van der Waals surface area contributed by atoms with Crippen LogP contribution in [0.5, 0.6) is 0 Å². The molecule has 1 aliphatic carbocycles. The highest BCUT2D eigenvalue weighted by Crippen LogP contribution is 2.39. The van der Waals surface area contributed by atoms with Crippen molar-refractivity contribution in [3.8, 4) is 0 Å². The van der Waals surface area contributed by atoms with Crippen molar-refractivity contribution in [1.29, 1.82) is 0 Å². The Bertz CT molecular complexity index is 564. The zero-order chi connectivity index (χ0) is 11.1.